The van der Waals surface area contributed by atoms with E-state index in [0.29, 0.717) is 37.4 Å². The van der Waals surface area contributed by atoms with Crippen LogP contribution in [0, 0.1) is 11.7 Å². The first-order chi connectivity index (χ1) is 13.5. The average Bonchev–Trinajstić information content (AvgIpc) is 2.70. The van der Waals surface area contributed by atoms with Crippen LogP contribution in [0.3, 0.4) is 0 Å². The molecule has 0 aromatic heterocycles. The minimum atomic E-state index is -0.840. The van der Waals surface area contributed by atoms with Gasteiger partial charge in [0.15, 0.2) is 23.1 Å². The number of methoxy groups -OCH3 is 1. The number of rotatable bonds is 5. The molecule has 0 unspecified atom stereocenters. The van der Waals surface area contributed by atoms with Crippen molar-refractivity contribution in [2.45, 2.75) is 12.8 Å². The summed E-state index contributed by atoms with van der Waals surface area (Å²) in [5.74, 6) is -1.04. The monoisotopic (exact) mass is 388 g/mol. The molecular formula is C20H21FN2O5. The van der Waals surface area contributed by atoms with E-state index < -0.39 is 17.7 Å². The standard InChI is InChI=1S/C20H21FN2O5/c1-27-17-4-2-3-5-18(17)28-16-7-6-14(12-15(16)21)22-20(26)23-10-8-13(9-11-23)19(24)25/h2-7,12-13H,8-11H2,1H3,(H,22,26)(H,24,25). The number of aliphatic carboxylic acids is 1. The molecule has 2 aromatic rings. The van der Waals surface area contributed by atoms with Gasteiger partial charge in [0.2, 0.25) is 0 Å². The first kappa shape index (κ1) is 19.5. The summed E-state index contributed by atoms with van der Waals surface area (Å²) in [6.07, 6.45) is 0.811. The Labute approximate surface area is 161 Å². The van der Waals surface area contributed by atoms with Crippen LogP contribution in [0.5, 0.6) is 17.2 Å². The quantitative estimate of drug-likeness (QED) is 0.810. The Hall–Kier alpha value is -3.29. The van der Waals surface area contributed by atoms with Gasteiger partial charge in [0.25, 0.3) is 0 Å². The lowest BCUT2D eigenvalue weighted by atomic mass is 9.97. The minimum absolute atomic E-state index is 0.00442. The molecule has 1 saturated heterocycles. The van der Waals surface area contributed by atoms with Crippen molar-refractivity contribution in [3.05, 3.63) is 48.3 Å². The second-order valence-electron chi connectivity index (χ2n) is 6.43. The lowest BCUT2D eigenvalue weighted by Gasteiger charge is -2.30. The van der Waals surface area contributed by atoms with Gasteiger partial charge in [-0.05, 0) is 37.1 Å². The Bertz CT molecular complexity index is 865. The summed E-state index contributed by atoms with van der Waals surface area (Å²) in [6, 6.07) is 10.6. The summed E-state index contributed by atoms with van der Waals surface area (Å²) in [7, 11) is 1.50. The topological polar surface area (TPSA) is 88.1 Å². The van der Waals surface area contributed by atoms with Gasteiger partial charge in [0.1, 0.15) is 0 Å². The van der Waals surface area contributed by atoms with Crippen LogP contribution < -0.4 is 14.8 Å². The van der Waals surface area contributed by atoms with Gasteiger partial charge < -0.3 is 24.8 Å². The number of anilines is 1. The second-order valence-corrected chi connectivity index (χ2v) is 6.43. The number of carbonyl (C=O) groups is 2. The summed E-state index contributed by atoms with van der Waals surface area (Å²) in [5, 5.41) is 11.6. The van der Waals surface area contributed by atoms with Crippen molar-refractivity contribution >= 4 is 17.7 Å². The third kappa shape index (κ3) is 4.51. The highest BCUT2D eigenvalue weighted by molar-refractivity contribution is 5.89. The first-order valence-electron chi connectivity index (χ1n) is 8.87. The Morgan fingerprint density at radius 2 is 1.79 bits per heavy atom. The number of carboxylic acids is 1. The fraction of sp³-hybridized carbons (Fsp3) is 0.300. The first-order valence-corrected chi connectivity index (χ1v) is 8.87. The van der Waals surface area contributed by atoms with Crippen molar-refractivity contribution < 1.29 is 28.6 Å². The molecule has 0 bridgehead atoms. The fourth-order valence-corrected chi connectivity index (χ4v) is 3.02. The number of benzene rings is 2. The molecule has 1 aliphatic heterocycles. The predicted octanol–water partition coefficient (Wildman–Crippen LogP) is 3.96. The van der Waals surface area contributed by atoms with Crippen LogP contribution in [-0.2, 0) is 4.79 Å². The molecule has 0 radical (unpaired) electrons. The van der Waals surface area contributed by atoms with Gasteiger partial charge in [-0.15, -0.1) is 0 Å². The molecule has 0 atom stereocenters. The smallest absolute Gasteiger partial charge is 0.321 e. The zero-order valence-corrected chi connectivity index (χ0v) is 15.4. The van der Waals surface area contributed by atoms with Crippen LogP contribution in [0.15, 0.2) is 42.5 Å². The molecule has 3 rings (SSSR count). The van der Waals surface area contributed by atoms with E-state index in [4.69, 9.17) is 14.6 Å². The molecule has 2 amide bonds. The molecule has 0 saturated carbocycles. The summed E-state index contributed by atoms with van der Waals surface area (Å²) in [6.45, 7) is 0.695. The normalized spacial score (nSPS) is 14.4. The number of halogens is 1. The van der Waals surface area contributed by atoms with Crippen molar-refractivity contribution in [1.82, 2.24) is 4.90 Å². The number of ether oxygens (including phenoxy) is 2. The number of hydrogen-bond donors (Lipinski definition) is 2. The van der Waals surface area contributed by atoms with Gasteiger partial charge in [-0.25, -0.2) is 9.18 Å². The predicted molar refractivity (Wildman–Crippen MR) is 100 cm³/mol. The summed E-state index contributed by atoms with van der Waals surface area (Å²) >= 11 is 0. The number of piperidine rings is 1. The fourth-order valence-electron chi connectivity index (χ4n) is 3.02. The van der Waals surface area contributed by atoms with E-state index in [2.05, 4.69) is 5.32 Å². The Morgan fingerprint density at radius 3 is 2.39 bits per heavy atom. The maximum atomic E-state index is 14.4. The number of nitrogens with one attached hydrogen (secondary N) is 1. The highest BCUT2D eigenvalue weighted by atomic mass is 19.1. The zero-order valence-electron chi connectivity index (χ0n) is 15.4. The highest BCUT2D eigenvalue weighted by Crippen LogP contribution is 2.33. The van der Waals surface area contributed by atoms with Crippen LogP contribution in [0.2, 0.25) is 0 Å². The third-order valence-corrected chi connectivity index (χ3v) is 4.60. The van der Waals surface area contributed by atoms with Gasteiger partial charge in [-0.2, -0.15) is 0 Å². The van der Waals surface area contributed by atoms with E-state index in [-0.39, 0.29) is 17.5 Å². The van der Waals surface area contributed by atoms with Crippen LogP contribution in [-0.4, -0.2) is 42.2 Å². The van der Waals surface area contributed by atoms with Crippen LogP contribution in [0.1, 0.15) is 12.8 Å². The van der Waals surface area contributed by atoms with E-state index in [9.17, 15) is 14.0 Å². The van der Waals surface area contributed by atoms with E-state index in [1.54, 1.807) is 24.3 Å². The molecule has 8 heteroatoms. The number of para-hydroxylation sites is 2. The van der Waals surface area contributed by atoms with Crippen molar-refractivity contribution in [2.75, 3.05) is 25.5 Å². The lowest BCUT2D eigenvalue weighted by Crippen LogP contribution is -2.42. The number of carbonyl (C=O) groups excluding carboxylic acids is 1. The SMILES string of the molecule is COc1ccccc1Oc1ccc(NC(=O)N2CCC(C(=O)O)CC2)cc1F. The van der Waals surface area contributed by atoms with Gasteiger partial charge in [0, 0.05) is 24.8 Å². The molecule has 1 aliphatic rings. The van der Waals surface area contributed by atoms with Crippen molar-refractivity contribution in [3.63, 3.8) is 0 Å². The molecule has 7 nitrogen and oxygen atoms in total. The summed E-state index contributed by atoms with van der Waals surface area (Å²) in [5.41, 5.74) is 0.287. The molecule has 0 aliphatic carbocycles. The average molecular weight is 388 g/mol. The molecular weight excluding hydrogens is 367 g/mol. The Kier molecular flexibility index (Phi) is 5.98. The van der Waals surface area contributed by atoms with Crippen LogP contribution in [0.25, 0.3) is 0 Å². The van der Waals surface area contributed by atoms with Crippen molar-refractivity contribution in [3.8, 4) is 17.2 Å². The number of likely N-dealkylation sites (tertiary alicyclic amines) is 1. The largest absolute Gasteiger partial charge is 0.493 e. The van der Waals surface area contributed by atoms with E-state index >= 15 is 0 Å². The van der Waals surface area contributed by atoms with Gasteiger partial charge in [0.05, 0.1) is 13.0 Å². The Morgan fingerprint density at radius 1 is 1.11 bits per heavy atom. The molecule has 2 N–H and O–H groups in total. The highest BCUT2D eigenvalue weighted by Gasteiger charge is 2.27. The van der Waals surface area contributed by atoms with E-state index in [1.165, 1.54) is 30.2 Å². The number of nitrogens with zero attached hydrogens (tertiary/aromatic N) is 1. The number of amides is 2. The zero-order chi connectivity index (χ0) is 20.1. The maximum absolute atomic E-state index is 14.4. The van der Waals surface area contributed by atoms with Gasteiger partial charge in [-0.1, -0.05) is 12.1 Å². The van der Waals surface area contributed by atoms with Crippen LogP contribution >= 0.6 is 0 Å². The van der Waals surface area contributed by atoms with Gasteiger partial charge in [-0.3, -0.25) is 4.79 Å². The molecule has 1 heterocycles. The number of hydrogen-bond acceptors (Lipinski definition) is 4. The summed E-state index contributed by atoms with van der Waals surface area (Å²) in [4.78, 5) is 24.8. The van der Waals surface area contributed by atoms with E-state index in [1.807, 2.05) is 0 Å². The van der Waals surface area contributed by atoms with Crippen molar-refractivity contribution in [2.24, 2.45) is 5.92 Å². The number of carboxylic acid groups (broad SMARTS) is 1. The molecule has 0 spiro atoms. The summed E-state index contributed by atoms with van der Waals surface area (Å²) < 4.78 is 25.1. The number of urea groups is 1. The third-order valence-electron chi connectivity index (χ3n) is 4.60. The molecule has 2 aromatic carbocycles. The lowest BCUT2D eigenvalue weighted by molar-refractivity contribution is -0.143. The van der Waals surface area contributed by atoms with Crippen LogP contribution in [0.4, 0.5) is 14.9 Å². The molecule has 28 heavy (non-hydrogen) atoms. The van der Waals surface area contributed by atoms with Crippen molar-refractivity contribution in [1.29, 1.82) is 0 Å². The minimum Gasteiger partial charge on any atom is -0.493 e. The Balaban J connectivity index is 1.63. The second kappa shape index (κ2) is 8.60. The van der Waals surface area contributed by atoms with E-state index in [0.717, 1.165) is 0 Å². The molecule has 1 fully saturated rings. The molecule has 148 valence electrons. The van der Waals surface area contributed by atoms with Gasteiger partial charge >= 0.3 is 12.0 Å². The maximum Gasteiger partial charge on any atom is 0.321 e.